The molecular weight excluding hydrogens is 348 g/mol. The average Bonchev–Trinajstić information content (AvgIpc) is 3.66. The van der Waals surface area contributed by atoms with E-state index in [0.717, 1.165) is 35.3 Å². The fourth-order valence-corrected chi connectivity index (χ4v) is 3.95. The summed E-state index contributed by atoms with van der Waals surface area (Å²) in [5.41, 5.74) is 5.89. The number of aromatic amines is 1. The van der Waals surface area contributed by atoms with Crippen molar-refractivity contribution in [1.29, 1.82) is 0 Å². The van der Waals surface area contributed by atoms with Crippen LogP contribution in [0.2, 0.25) is 0 Å². The lowest BCUT2D eigenvalue weighted by Gasteiger charge is -2.26. The van der Waals surface area contributed by atoms with Gasteiger partial charge in [0.15, 0.2) is 0 Å². The Morgan fingerprint density at radius 2 is 1.71 bits per heavy atom. The SMILES string of the molecule is CCOCN(Cc1ccc(N(C2CC2)C2CC2)cc1)c1ccc2nc[nH]c2c1. The number of rotatable bonds is 9. The monoisotopic (exact) mass is 376 g/mol. The normalized spacial score (nSPS) is 16.5. The molecule has 5 nitrogen and oxygen atoms in total. The van der Waals surface area contributed by atoms with Crippen molar-refractivity contribution in [2.24, 2.45) is 0 Å². The zero-order valence-corrected chi connectivity index (χ0v) is 16.5. The minimum atomic E-state index is 0.578. The van der Waals surface area contributed by atoms with Crippen LogP contribution >= 0.6 is 0 Å². The Labute approximate surface area is 166 Å². The fraction of sp³-hybridized carbons (Fsp3) is 0.435. The van der Waals surface area contributed by atoms with Gasteiger partial charge in [-0.3, -0.25) is 0 Å². The van der Waals surface area contributed by atoms with Crippen LogP contribution in [0.25, 0.3) is 11.0 Å². The summed E-state index contributed by atoms with van der Waals surface area (Å²) < 4.78 is 5.75. The van der Waals surface area contributed by atoms with Gasteiger partial charge in [-0.05, 0) is 68.5 Å². The second kappa shape index (κ2) is 7.47. The van der Waals surface area contributed by atoms with Gasteiger partial charge in [0.1, 0.15) is 6.73 Å². The average molecular weight is 377 g/mol. The van der Waals surface area contributed by atoms with Crippen LogP contribution in [0.1, 0.15) is 38.2 Å². The second-order valence-electron chi connectivity index (χ2n) is 7.96. The third-order valence-corrected chi connectivity index (χ3v) is 5.71. The molecule has 2 saturated carbocycles. The number of anilines is 2. The lowest BCUT2D eigenvalue weighted by molar-refractivity contribution is 0.146. The van der Waals surface area contributed by atoms with Gasteiger partial charge in [-0.25, -0.2) is 4.98 Å². The molecule has 1 N–H and O–H groups in total. The van der Waals surface area contributed by atoms with Crippen LogP contribution in [0.5, 0.6) is 0 Å². The molecule has 146 valence electrons. The molecule has 0 radical (unpaired) electrons. The molecule has 5 rings (SSSR count). The summed E-state index contributed by atoms with van der Waals surface area (Å²) in [4.78, 5) is 12.5. The number of ether oxygens (including phenoxy) is 1. The van der Waals surface area contributed by atoms with Gasteiger partial charge in [-0.15, -0.1) is 0 Å². The number of benzene rings is 2. The number of nitrogens with one attached hydrogen (secondary N) is 1. The van der Waals surface area contributed by atoms with Crippen molar-refractivity contribution >= 4 is 22.4 Å². The molecular formula is C23H28N4O. The molecule has 0 aliphatic heterocycles. The first kappa shape index (κ1) is 17.6. The molecule has 2 fully saturated rings. The van der Waals surface area contributed by atoms with E-state index < -0.39 is 0 Å². The van der Waals surface area contributed by atoms with Gasteiger partial charge in [0, 0.05) is 36.6 Å². The summed E-state index contributed by atoms with van der Waals surface area (Å²) in [6.07, 6.45) is 7.17. The zero-order chi connectivity index (χ0) is 18.9. The van der Waals surface area contributed by atoms with Gasteiger partial charge in [-0.2, -0.15) is 0 Å². The Kier molecular flexibility index (Phi) is 4.69. The molecule has 1 heterocycles. The lowest BCUT2D eigenvalue weighted by atomic mass is 10.1. The number of fused-ring (bicyclic) bond motifs is 1. The van der Waals surface area contributed by atoms with Gasteiger partial charge in [-0.1, -0.05) is 12.1 Å². The maximum absolute atomic E-state index is 5.75. The highest BCUT2D eigenvalue weighted by atomic mass is 16.5. The molecule has 2 aliphatic rings. The Morgan fingerprint density at radius 3 is 2.39 bits per heavy atom. The van der Waals surface area contributed by atoms with Crippen molar-refractivity contribution < 1.29 is 4.74 Å². The second-order valence-corrected chi connectivity index (χ2v) is 7.96. The van der Waals surface area contributed by atoms with E-state index in [-0.39, 0.29) is 0 Å². The van der Waals surface area contributed by atoms with Crippen molar-refractivity contribution in [2.75, 3.05) is 23.1 Å². The highest BCUT2D eigenvalue weighted by molar-refractivity contribution is 5.79. The van der Waals surface area contributed by atoms with Gasteiger partial charge in [0.2, 0.25) is 0 Å². The maximum atomic E-state index is 5.75. The first-order valence-corrected chi connectivity index (χ1v) is 10.4. The molecule has 0 unspecified atom stereocenters. The smallest absolute Gasteiger partial charge is 0.119 e. The Bertz CT molecular complexity index is 915. The van der Waals surface area contributed by atoms with Crippen LogP contribution in [0.4, 0.5) is 11.4 Å². The van der Waals surface area contributed by atoms with E-state index in [1.807, 2.05) is 6.92 Å². The van der Waals surface area contributed by atoms with Crippen LogP contribution in [0, 0.1) is 0 Å². The van der Waals surface area contributed by atoms with E-state index in [1.165, 1.54) is 36.9 Å². The van der Waals surface area contributed by atoms with Crippen LogP contribution in [-0.2, 0) is 11.3 Å². The largest absolute Gasteiger partial charge is 0.366 e. The molecule has 0 spiro atoms. The highest BCUT2D eigenvalue weighted by Gasteiger charge is 2.39. The molecule has 0 atom stereocenters. The van der Waals surface area contributed by atoms with Crippen molar-refractivity contribution in [2.45, 2.75) is 51.2 Å². The molecule has 0 bridgehead atoms. The van der Waals surface area contributed by atoms with Crippen molar-refractivity contribution in [3.63, 3.8) is 0 Å². The lowest BCUT2D eigenvalue weighted by Crippen LogP contribution is -2.28. The zero-order valence-electron chi connectivity index (χ0n) is 16.5. The van der Waals surface area contributed by atoms with E-state index in [9.17, 15) is 0 Å². The van der Waals surface area contributed by atoms with Gasteiger partial charge >= 0.3 is 0 Å². The molecule has 5 heteroatoms. The standard InChI is InChI=1S/C23H28N4O/c1-2-28-16-26(21-11-12-22-23(13-21)25-15-24-22)14-17-3-5-18(6-4-17)27(19-7-8-19)20-9-10-20/h3-6,11-13,15,19-20H,2,7-10,14,16H2,1H3,(H,24,25). The van der Waals surface area contributed by atoms with Gasteiger partial charge < -0.3 is 19.5 Å². The predicted molar refractivity (Wildman–Crippen MR) is 114 cm³/mol. The van der Waals surface area contributed by atoms with Crippen LogP contribution < -0.4 is 9.80 Å². The number of nitrogens with zero attached hydrogens (tertiary/aromatic N) is 3. The Hall–Kier alpha value is -2.53. The summed E-state index contributed by atoms with van der Waals surface area (Å²) in [7, 11) is 0. The molecule has 28 heavy (non-hydrogen) atoms. The summed E-state index contributed by atoms with van der Waals surface area (Å²) in [5.74, 6) is 0. The number of imidazole rings is 1. The minimum Gasteiger partial charge on any atom is -0.366 e. The number of H-pyrrole nitrogens is 1. The quantitative estimate of drug-likeness (QED) is 0.550. The number of hydrogen-bond donors (Lipinski definition) is 1. The Balaban J connectivity index is 1.34. The van der Waals surface area contributed by atoms with Crippen LogP contribution in [-0.4, -0.2) is 35.4 Å². The van der Waals surface area contributed by atoms with Crippen molar-refractivity contribution in [3.8, 4) is 0 Å². The topological polar surface area (TPSA) is 44.4 Å². The van der Waals surface area contributed by atoms with Crippen molar-refractivity contribution in [3.05, 3.63) is 54.4 Å². The van der Waals surface area contributed by atoms with E-state index in [2.05, 4.69) is 62.2 Å². The van der Waals surface area contributed by atoms with Crippen molar-refractivity contribution in [1.82, 2.24) is 9.97 Å². The number of aromatic nitrogens is 2. The molecule has 0 saturated heterocycles. The van der Waals surface area contributed by atoms with E-state index in [1.54, 1.807) is 6.33 Å². The van der Waals surface area contributed by atoms with Crippen LogP contribution in [0.15, 0.2) is 48.8 Å². The Morgan fingerprint density at radius 1 is 1.00 bits per heavy atom. The molecule has 3 aromatic rings. The van der Waals surface area contributed by atoms with E-state index in [4.69, 9.17) is 4.74 Å². The van der Waals surface area contributed by atoms with Gasteiger partial charge in [0.25, 0.3) is 0 Å². The van der Waals surface area contributed by atoms with Gasteiger partial charge in [0.05, 0.1) is 17.4 Å². The summed E-state index contributed by atoms with van der Waals surface area (Å²) in [6.45, 7) is 4.15. The first-order chi connectivity index (χ1) is 13.8. The maximum Gasteiger partial charge on any atom is 0.119 e. The molecule has 0 amide bonds. The third kappa shape index (κ3) is 3.72. The minimum absolute atomic E-state index is 0.578. The molecule has 2 aromatic carbocycles. The number of hydrogen-bond acceptors (Lipinski definition) is 4. The highest BCUT2D eigenvalue weighted by Crippen LogP contribution is 2.40. The summed E-state index contributed by atoms with van der Waals surface area (Å²) >= 11 is 0. The summed E-state index contributed by atoms with van der Waals surface area (Å²) in [5, 5.41) is 0. The van der Waals surface area contributed by atoms with E-state index in [0.29, 0.717) is 13.3 Å². The summed E-state index contributed by atoms with van der Waals surface area (Å²) in [6, 6.07) is 17.1. The fourth-order valence-electron chi connectivity index (χ4n) is 3.95. The first-order valence-electron chi connectivity index (χ1n) is 10.4. The third-order valence-electron chi connectivity index (χ3n) is 5.71. The van der Waals surface area contributed by atoms with E-state index >= 15 is 0 Å². The van der Waals surface area contributed by atoms with Crippen LogP contribution in [0.3, 0.4) is 0 Å². The molecule has 2 aliphatic carbocycles. The molecule has 1 aromatic heterocycles. The predicted octanol–water partition coefficient (Wildman–Crippen LogP) is 4.69.